The van der Waals surface area contributed by atoms with E-state index < -0.39 is 19.1 Å². The summed E-state index contributed by atoms with van der Waals surface area (Å²) < 4.78 is 56.3. The molecule has 2 aliphatic heterocycles. The molecule has 15 heavy (non-hydrogen) atoms. The highest BCUT2D eigenvalue weighted by Gasteiger charge is 2.26. The molecule has 0 saturated heterocycles. The van der Waals surface area contributed by atoms with Gasteiger partial charge in [0.2, 0.25) is 0 Å². The molecule has 4 heteroatoms. The Hall–Kier alpha value is -1.71. The van der Waals surface area contributed by atoms with Crippen LogP contribution in [0.1, 0.15) is 8.22 Å². The van der Waals surface area contributed by atoms with Crippen LogP contribution in [-0.4, -0.2) is 31.5 Å². The van der Waals surface area contributed by atoms with Crippen LogP contribution in [0, 0.1) is 0 Å². The van der Waals surface area contributed by atoms with Gasteiger partial charge in [-0.3, -0.25) is 4.99 Å². The third-order valence-corrected chi connectivity index (χ3v) is 2.12. The minimum atomic E-state index is -2.39. The second kappa shape index (κ2) is 3.46. The summed E-state index contributed by atoms with van der Waals surface area (Å²) in [5.41, 5.74) is 0. The van der Waals surface area contributed by atoms with Gasteiger partial charge in [-0.15, -0.1) is 0 Å². The van der Waals surface area contributed by atoms with Gasteiger partial charge in [-0.05, 0) is 12.1 Å². The largest absolute Gasteiger partial charge is 0.485 e. The molecule has 1 unspecified atom stereocenters. The topological polar surface area (TPSA) is 42.8 Å². The second-order valence-corrected chi connectivity index (χ2v) is 3.08. The number of fused-ring (bicyclic) bond motifs is 1. The first-order valence-electron chi connectivity index (χ1n) is 7.48. The lowest BCUT2D eigenvalue weighted by atomic mass is 10.2. The molecule has 1 aromatic carbocycles. The van der Waals surface area contributed by atoms with E-state index in [-0.39, 0.29) is 30.3 Å². The Bertz CT molecular complexity index is 633. The van der Waals surface area contributed by atoms with Crippen LogP contribution in [0.5, 0.6) is 11.5 Å². The van der Waals surface area contributed by atoms with Crippen LogP contribution in [0.15, 0.2) is 29.2 Å². The fourth-order valence-corrected chi connectivity index (χ4v) is 1.41. The van der Waals surface area contributed by atoms with E-state index in [0.29, 0.717) is 5.75 Å². The van der Waals surface area contributed by atoms with Crippen molar-refractivity contribution in [2.75, 3.05) is 19.6 Å². The van der Waals surface area contributed by atoms with Crippen molar-refractivity contribution in [3.8, 4) is 11.5 Å². The summed E-state index contributed by atoms with van der Waals surface area (Å²) in [6, 6.07) is 2.70. The third-order valence-electron chi connectivity index (χ3n) is 2.12. The molecule has 3 rings (SSSR count). The maximum atomic E-state index is 7.57. The number of hydrogen-bond donors (Lipinski definition) is 1. The first-order valence-corrected chi connectivity index (χ1v) is 4.48. The van der Waals surface area contributed by atoms with Gasteiger partial charge in [0.05, 0.1) is 14.7 Å². The summed E-state index contributed by atoms with van der Waals surface area (Å²) in [7, 11) is 0. The quantitative estimate of drug-likeness (QED) is 0.746. The monoisotopic (exact) mass is 210 g/mol. The standard InChI is InChI=1S/C11H12N2O2/c1-2-4-9-8(3-1)14-7-10(15-9)11-12-5-6-13-11/h1-4,10H,5-7H2,(H,12,13)/i1D,2D,5D2,6D2. The zero-order valence-electron chi connectivity index (χ0n) is 13.7. The number of aliphatic imine (C=N–C) groups is 1. The molecule has 1 N–H and O–H groups in total. The highest BCUT2D eigenvalue weighted by atomic mass is 16.6. The van der Waals surface area contributed by atoms with E-state index in [1.807, 2.05) is 0 Å². The molecule has 0 fully saturated rings. The molecule has 0 aromatic heterocycles. The lowest BCUT2D eigenvalue weighted by Crippen LogP contribution is -2.42. The van der Waals surface area contributed by atoms with Gasteiger partial charge < -0.3 is 14.8 Å². The van der Waals surface area contributed by atoms with E-state index in [9.17, 15) is 0 Å². The predicted molar refractivity (Wildman–Crippen MR) is 56.7 cm³/mol. The summed E-state index contributed by atoms with van der Waals surface area (Å²) in [5.74, 6) is 0.610. The van der Waals surface area contributed by atoms with E-state index in [2.05, 4.69) is 10.3 Å². The van der Waals surface area contributed by atoms with Crippen molar-refractivity contribution in [2.24, 2.45) is 4.99 Å². The van der Waals surface area contributed by atoms with Crippen molar-refractivity contribution in [1.29, 1.82) is 0 Å². The number of ether oxygens (including phenoxy) is 2. The first kappa shape index (κ1) is 4.43. The Balaban J connectivity index is 1.86. The van der Waals surface area contributed by atoms with Crippen LogP contribution < -0.4 is 14.8 Å². The van der Waals surface area contributed by atoms with Crippen LogP contribution in [0.3, 0.4) is 0 Å². The molecule has 2 heterocycles. The lowest BCUT2D eigenvalue weighted by Gasteiger charge is -2.26. The average Bonchev–Trinajstić information content (AvgIpc) is 2.59. The molecule has 0 saturated carbocycles. The normalized spacial score (nSPS) is 35.7. The number of para-hydroxylation sites is 2. The fraction of sp³-hybridized carbons (Fsp3) is 0.364. The van der Waals surface area contributed by atoms with Gasteiger partial charge >= 0.3 is 0 Å². The number of amidine groups is 1. The van der Waals surface area contributed by atoms with Crippen LogP contribution in [-0.2, 0) is 0 Å². The maximum absolute atomic E-state index is 7.57. The molecule has 4 nitrogen and oxygen atoms in total. The van der Waals surface area contributed by atoms with Crippen molar-refractivity contribution in [3.63, 3.8) is 0 Å². The third kappa shape index (κ3) is 1.52. The second-order valence-electron chi connectivity index (χ2n) is 3.08. The van der Waals surface area contributed by atoms with Crippen LogP contribution in [0.25, 0.3) is 0 Å². The van der Waals surface area contributed by atoms with Gasteiger partial charge in [-0.1, -0.05) is 12.1 Å². The van der Waals surface area contributed by atoms with Gasteiger partial charge in [0.1, 0.15) is 12.4 Å². The van der Waals surface area contributed by atoms with Crippen LogP contribution in [0.4, 0.5) is 0 Å². The van der Waals surface area contributed by atoms with E-state index in [4.69, 9.17) is 17.7 Å². The van der Waals surface area contributed by atoms with E-state index in [1.165, 1.54) is 12.1 Å². The van der Waals surface area contributed by atoms with Crippen molar-refractivity contribution in [1.82, 2.24) is 5.32 Å². The summed E-state index contributed by atoms with van der Waals surface area (Å²) in [6.45, 7) is -4.70. The van der Waals surface area contributed by atoms with E-state index >= 15 is 0 Å². The SMILES string of the molecule is [2H]c1cc2c(cc1[2H])OC(C1=NC([2H])([2H])C([2H])([2H])N1)CO2. The van der Waals surface area contributed by atoms with Crippen molar-refractivity contribution < 1.29 is 17.7 Å². The Morgan fingerprint density at radius 2 is 2.33 bits per heavy atom. The number of nitrogens with zero attached hydrogens (tertiary/aromatic N) is 1. The number of hydrogen-bond acceptors (Lipinski definition) is 4. The fourth-order valence-electron chi connectivity index (χ4n) is 1.41. The summed E-state index contributed by atoms with van der Waals surface area (Å²) in [4.78, 5) is 3.68. The minimum absolute atomic E-state index is 0.0137. The molecular weight excluding hydrogens is 192 g/mol. The van der Waals surface area contributed by atoms with Gasteiger partial charge in [0.25, 0.3) is 0 Å². The zero-order chi connectivity index (χ0) is 15.4. The van der Waals surface area contributed by atoms with Crippen LogP contribution >= 0.6 is 0 Å². The van der Waals surface area contributed by atoms with Crippen LogP contribution in [0.2, 0.25) is 0 Å². The molecule has 0 radical (unpaired) electrons. The molecule has 1 atom stereocenters. The molecule has 0 aliphatic carbocycles. The highest BCUT2D eigenvalue weighted by Crippen LogP contribution is 2.31. The van der Waals surface area contributed by atoms with Crippen molar-refractivity contribution in [2.45, 2.75) is 6.10 Å². The Morgan fingerprint density at radius 3 is 3.13 bits per heavy atom. The Morgan fingerprint density at radius 1 is 1.47 bits per heavy atom. The molecule has 0 bridgehead atoms. The minimum Gasteiger partial charge on any atom is -0.485 e. The predicted octanol–water partition coefficient (Wildman–Crippen LogP) is 0.828. The summed E-state index contributed by atoms with van der Waals surface area (Å²) >= 11 is 0. The summed E-state index contributed by atoms with van der Waals surface area (Å²) in [5, 5.41) is 2.37. The number of nitrogens with one attached hydrogen (secondary N) is 1. The smallest absolute Gasteiger partial charge is 0.189 e. The number of rotatable bonds is 1. The molecule has 1 aromatic rings. The first-order chi connectivity index (χ1) is 9.69. The molecule has 0 spiro atoms. The molecule has 0 amide bonds. The molecule has 78 valence electrons. The molecular formula is C11H12N2O2. The van der Waals surface area contributed by atoms with Gasteiger partial charge in [-0.25, -0.2) is 0 Å². The maximum Gasteiger partial charge on any atom is 0.189 e. The Kier molecular flexibility index (Phi) is 1.02. The highest BCUT2D eigenvalue weighted by molar-refractivity contribution is 5.88. The zero-order valence-corrected chi connectivity index (χ0v) is 7.70. The Labute approximate surface area is 96.3 Å². The van der Waals surface area contributed by atoms with Gasteiger partial charge in [0, 0.05) is 6.50 Å². The average molecular weight is 210 g/mol. The van der Waals surface area contributed by atoms with Gasteiger partial charge in [-0.2, -0.15) is 0 Å². The van der Waals surface area contributed by atoms with E-state index in [1.54, 1.807) is 0 Å². The van der Waals surface area contributed by atoms with Crippen molar-refractivity contribution >= 4 is 5.84 Å². The van der Waals surface area contributed by atoms with Gasteiger partial charge in [0.15, 0.2) is 17.6 Å². The summed E-state index contributed by atoms with van der Waals surface area (Å²) in [6.07, 6.45) is -0.791. The lowest BCUT2D eigenvalue weighted by molar-refractivity contribution is 0.133. The number of benzene rings is 1. The van der Waals surface area contributed by atoms with Crippen molar-refractivity contribution in [3.05, 3.63) is 24.2 Å². The van der Waals surface area contributed by atoms with E-state index in [0.717, 1.165) is 0 Å². The molecule has 2 aliphatic rings.